The van der Waals surface area contributed by atoms with Gasteiger partial charge in [0, 0.05) is 28.6 Å². The molecular formula is C21H16FN3. The summed E-state index contributed by atoms with van der Waals surface area (Å²) in [5.74, 6) is -0.233. The fourth-order valence-electron chi connectivity index (χ4n) is 3.81. The van der Waals surface area contributed by atoms with Gasteiger partial charge in [-0.3, -0.25) is 4.68 Å². The highest BCUT2D eigenvalue weighted by atomic mass is 19.1. The van der Waals surface area contributed by atoms with Crippen LogP contribution in [0.25, 0.3) is 43.6 Å². The quantitative estimate of drug-likeness (QED) is 0.366. The highest BCUT2D eigenvalue weighted by Crippen LogP contribution is 2.35. The van der Waals surface area contributed by atoms with Crippen molar-refractivity contribution < 1.29 is 4.39 Å². The number of rotatable bonds is 0. The first-order chi connectivity index (χ1) is 12.1. The van der Waals surface area contributed by atoms with Crippen LogP contribution in [0, 0.1) is 19.7 Å². The molecule has 0 aliphatic carbocycles. The molecule has 3 aromatic carbocycles. The molecule has 25 heavy (non-hydrogen) atoms. The summed E-state index contributed by atoms with van der Waals surface area (Å²) in [4.78, 5) is 4.82. The maximum Gasteiger partial charge on any atom is 0.133 e. The zero-order valence-corrected chi connectivity index (χ0v) is 14.3. The lowest BCUT2D eigenvalue weighted by molar-refractivity contribution is 0.638. The summed E-state index contributed by atoms with van der Waals surface area (Å²) >= 11 is 0. The van der Waals surface area contributed by atoms with Gasteiger partial charge in [0.05, 0.1) is 16.6 Å². The molecule has 0 radical (unpaired) electrons. The van der Waals surface area contributed by atoms with E-state index in [1.54, 1.807) is 10.7 Å². The van der Waals surface area contributed by atoms with Crippen LogP contribution < -0.4 is 0 Å². The number of aromatic nitrogens is 3. The third-order valence-electron chi connectivity index (χ3n) is 5.23. The number of nitrogens with zero attached hydrogens (tertiary/aromatic N) is 3. The van der Waals surface area contributed by atoms with Crippen LogP contribution in [-0.2, 0) is 7.05 Å². The molecule has 0 unspecified atom stereocenters. The Labute approximate surface area is 143 Å². The molecule has 0 aliphatic heterocycles. The van der Waals surface area contributed by atoms with Gasteiger partial charge < -0.3 is 0 Å². The van der Waals surface area contributed by atoms with E-state index in [1.165, 1.54) is 17.2 Å². The average molecular weight is 329 g/mol. The third kappa shape index (κ3) is 1.79. The van der Waals surface area contributed by atoms with Crippen LogP contribution in [-0.4, -0.2) is 14.8 Å². The molecule has 0 atom stereocenters. The monoisotopic (exact) mass is 329 g/mol. The van der Waals surface area contributed by atoms with Gasteiger partial charge in [-0.25, -0.2) is 9.37 Å². The second-order valence-corrected chi connectivity index (χ2v) is 6.63. The molecule has 0 saturated carbocycles. The average Bonchev–Trinajstić information content (AvgIpc) is 2.98. The summed E-state index contributed by atoms with van der Waals surface area (Å²) < 4.78 is 16.3. The Hall–Kier alpha value is -3.01. The van der Waals surface area contributed by atoms with Crippen LogP contribution in [0.4, 0.5) is 4.39 Å². The van der Waals surface area contributed by atoms with E-state index in [0.29, 0.717) is 5.39 Å². The van der Waals surface area contributed by atoms with Crippen LogP contribution in [0.15, 0.2) is 42.5 Å². The van der Waals surface area contributed by atoms with E-state index in [0.717, 1.165) is 38.2 Å². The smallest absolute Gasteiger partial charge is 0.133 e. The SMILES string of the molecule is Cc1ccc2nc3c(ccc4c3nn(C)c3cccc(F)c43)c2c1C. The lowest BCUT2D eigenvalue weighted by Gasteiger charge is -2.10. The molecule has 0 amide bonds. The van der Waals surface area contributed by atoms with Gasteiger partial charge in [-0.15, -0.1) is 0 Å². The minimum Gasteiger partial charge on any atom is -0.267 e. The van der Waals surface area contributed by atoms with Gasteiger partial charge in [0.1, 0.15) is 11.3 Å². The minimum absolute atomic E-state index is 0.233. The molecule has 0 bridgehead atoms. The Bertz CT molecular complexity index is 1330. The van der Waals surface area contributed by atoms with Crippen molar-refractivity contribution in [2.45, 2.75) is 13.8 Å². The Morgan fingerprint density at radius 2 is 1.64 bits per heavy atom. The first-order valence-corrected chi connectivity index (χ1v) is 8.30. The fourth-order valence-corrected chi connectivity index (χ4v) is 3.81. The summed E-state index contributed by atoms with van der Waals surface area (Å²) in [6.07, 6.45) is 0. The van der Waals surface area contributed by atoms with Crippen LogP contribution in [0.1, 0.15) is 11.1 Å². The Morgan fingerprint density at radius 1 is 0.880 bits per heavy atom. The van der Waals surface area contributed by atoms with Crippen molar-refractivity contribution in [2.24, 2.45) is 7.05 Å². The van der Waals surface area contributed by atoms with Crippen LogP contribution in [0.5, 0.6) is 0 Å². The molecule has 2 aromatic heterocycles. The summed E-state index contributed by atoms with van der Waals surface area (Å²) in [6.45, 7) is 4.23. The molecule has 0 aliphatic rings. The molecule has 3 nitrogen and oxygen atoms in total. The van der Waals surface area contributed by atoms with Gasteiger partial charge in [0.25, 0.3) is 0 Å². The second kappa shape index (κ2) is 4.76. The Balaban J connectivity index is 2.08. The number of aryl methyl sites for hydroxylation is 3. The molecule has 5 rings (SSSR count). The van der Waals surface area contributed by atoms with E-state index in [4.69, 9.17) is 10.1 Å². The molecule has 0 fully saturated rings. The highest BCUT2D eigenvalue weighted by molar-refractivity contribution is 6.20. The summed E-state index contributed by atoms with van der Waals surface area (Å²) in [6, 6.07) is 13.3. The first-order valence-electron chi connectivity index (χ1n) is 8.30. The maximum absolute atomic E-state index is 14.6. The van der Waals surface area contributed by atoms with Gasteiger partial charge in [0.15, 0.2) is 0 Å². The van der Waals surface area contributed by atoms with E-state index in [-0.39, 0.29) is 5.82 Å². The van der Waals surface area contributed by atoms with Crippen molar-refractivity contribution in [2.75, 3.05) is 0 Å². The first kappa shape index (κ1) is 14.3. The molecule has 0 saturated heterocycles. The largest absolute Gasteiger partial charge is 0.267 e. The second-order valence-electron chi connectivity index (χ2n) is 6.63. The van der Waals surface area contributed by atoms with E-state index in [9.17, 15) is 4.39 Å². The van der Waals surface area contributed by atoms with Crippen LogP contribution in [0.2, 0.25) is 0 Å². The zero-order chi connectivity index (χ0) is 17.3. The molecular weight excluding hydrogens is 313 g/mol. The van der Waals surface area contributed by atoms with Crippen molar-refractivity contribution in [1.82, 2.24) is 14.8 Å². The zero-order valence-electron chi connectivity index (χ0n) is 14.3. The van der Waals surface area contributed by atoms with Gasteiger partial charge in [-0.2, -0.15) is 5.10 Å². The molecule has 2 heterocycles. The van der Waals surface area contributed by atoms with Crippen molar-refractivity contribution in [1.29, 1.82) is 0 Å². The van der Waals surface area contributed by atoms with E-state index in [1.807, 2.05) is 31.3 Å². The summed E-state index contributed by atoms with van der Waals surface area (Å²) in [5.41, 5.74) is 5.78. The number of hydrogen-bond acceptors (Lipinski definition) is 2. The molecule has 0 N–H and O–H groups in total. The normalized spacial score (nSPS) is 12.0. The maximum atomic E-state index is 14.6. The van der Waals surface area contributed by atoms with Gasteiger partial charge in [0.2, 0.25) is 0 Å². The number of fused-ring (bicyclic) bond motifs is 7. The standard InChI is InChI=1S/C21H16FN3/c1-11-7-10-16-18(12(11)2)13-8-9-14-19-15(22)5-4-6-17(19)25(3)24-21(14)20(13)23-16/h4-10H,1-3H3. The molecule has 122 valence electrons. The number of hydrogen-bond donors (Lipinski definition) is 0. The molecule has 5 aromatic rings. The highest BCUT2D eigenvalue weighted by Gasteiger charge is 2.16. The number of benzene rings is 3. The van der Waals surface area contributed by atoms with Gasteiger partial charge in [-0.05, 0) is 43.2 Å². The molecule has 4 heteroatoms. The summed E-state index contributed by atoms with van der Waals surface area (Å²) in [5, 5.41) is 8.34. The minimum atomic E-state index is -0.233. The van der Waals surface area contributed by atoms with Crippen LogP contribution >= 0.6 is 0 Å². The van der Waals surface area contributed by atoms with E-state index in [2.05, 4.69) is 19.9 Å². The molecule has 0 spiro atoms. The third-order valence-corrected chi connectivity index (χ3v) is 5.23. The topological polar surface area (TPSA) is 30.7 Å². The van der Waals surface area contributed by atoms with E-state index < -0.39 is 0 Å². The predicted molar refractivity (Wildman–Crippen MR) is 100 cm³/mol. The Kier molecular flexibility index (Phi) is 2.73. The lowest BCUT2D eigenvalue weighted by Crippen LogP contribution is -2.01. The van der Waals surface area contributed by atoms with Gasteiger partial charge >= 0.3 is 0 Å². The van der Waals surface area contributed by atoms with Crippen molar-refractivity contribution >= 4 is 43.6 Å². The lowest BCUT2D eigenvalue weighted by atomic mass is 10.0. The fraction of sp³-hybridized carbons (Fsp3) is 0.143. The van der Waals surface area contributed by atoms with Crippen molar-refractivity contribution in [3.05, 3.63) is 59.4 Å². The van der Waals surface area contributed by atoms with Crippen molar-refractivity contribution in [3.8, 4) is 0 Å². The van der Waals surface area contributed by atoms with E-state index >= 15 is 0 Å². The summed E-state index contributed by atoms with van der Waals surface area (Å²) in [7, 11) is 1.85. The van der Waals surface area contributed by atoms with Crippen LogP contribution in [0.3, 0.4) is 0 Å². The predicted octanol–water partition coefficient (Wildman–Crippen LogP) is 5.18. The number of halogens is 1. The van der Waals surface area contributed by atoms with Crippen molar-refractivity contribution in [3.63, 3.8) is 0 Å². The van der Waals surface area contributed by atoms with Gasteiger partial charge in [-0.1, -0.05) is 24.3 Å². The Morgan fingerprint density at radius 3 is 2.44 bits per heavy atom.